The molecule has 0 aliphatic heterocycles. The second-order valence-electron chi connectivity index (χ2n) is 3.34. The molecule has 0 fully saturated rings. The van der Waals surface area contributed by atoms with Crippen molar-refractivity contribution in [1.29, 1.82) is 0 Å². The van der Waals surface area contributed by atoms with Gasteiger partial charge in [0.25, 0.3) is 0 Å². The maximum atomic E-state index is 12.6. The average molecular weight is 245 g/mol. The van der Waals surface area contributed by atoms with Crippen molar-refractivity contribution >= 4 is 21.9 Å². The van der Waals surface area contributed by atoms with Crippen LogP contribution in [0.3, 0.4) is 0 Å². The normalized spacial score (nSPS) is 12.8. The smallest absolute Gasteiger partial charge is 0.378 e. The molecule has 0 bridgehead atoms. The highest BCUT2D eigenvalue weighted by Gasteiger charge is 2.41. The van der Waals surface area contributed by atoms with Crippen molar-refractivity contribution in [2.75, 3.05) is 5.33 Å². The van der Waals surface area contributed by atoms with E-state index in [1.54, 1.807) is 0 Å². The lowest BCUT2D eigenvalue weighted by Gasteiger charge is -2.22. The molecule has 0 saturated heterocycles. The van der Waals surface area contributed by atoms with Crippen molar-refractivity contribution in [2.24, 2.45) is 0 Å². The first-order valence-corrected chi connectivity index (χ1v) is 4.48. The summed E-state index contributed by atoms with van der Waals surface area (Å²) < 4.78 is 29.6. The molecule has 0 aliphatic carbocycles. The van der Waals surface area contributed by atoms with Gasteiger partial charge in [-0.05, 0) is 20.8 Å². The third kappa shape index (κ3) is 3.99. The molecule has 0 radical (unpaired) electrons. The lowest BCUT2D eigenvalue weighted by molar-refractivity contribution is -0.180. The predicted molar refractivity (Wildman–Crippen MR) is 44.6 cm³/mol. The van der Waals surface area contributed by atoms with Gasteiger partial charge in [-0.25, -0.2) is 4.79 Å². The van der Waals surface area contributed by atoms with E-state index in [9.17, 15) is 13.6 Å². The van der Waals surface area contributed by atoms with Crippen molar-refractivity contribution in [3.8, 4) is 0 Å². The molecule has 0 saturated carbocycles. The van der Waals surface area contributed by atoms with Crippen molar-refractivity contribution in [3.63, 3.8) is 0 Å². The fourth-order valence-electron chi connectivity index (χ4n) is 0.407. The predicted octanol–water partition coefficient (Wildman–Crippen LogP) is 2.36. The molecule has 0 amide bonds. The number of halogens is 3. The molecular weight excluding hydrogens is 234 g/mol. The lowest BCUT2D eigenvalue weighted by Crippen LogP contribution is -2.37. The van der Waals surface area contributed by atoms with E-state index in [0.717, 1.165) is 0 Å². The van der Waals surface area contributed by atoms with Crippen LogP contribution in [-0.4, -0.2) is 22.8 Å². The Balaban J connectivity index is 4.23. The second kappa shape index (κ2) is 3.68. The first kappa shape index (κ1) is 11.8. The molecule has 72 valence electrons. The number of hydrogen-bond acceptors (Lipinski definition) is 2. The summed E-state index contributed by atoms with van der Waals surface area (Å²) in [5.74, 6) is -4.93. The Morgan fingerprint density at radius 2 is 1.83 bits per heavy atom. The molecule has 0 heterocycles. The van der Waals surface area contributed by atoms with Crippen LogP contribution in [0.1, 0.15) is 20.8 Å². The van der Waals surface area contributed by atoms with Gasteiger partial charge in [0.15, 0.2) is 0 Å². The SMILES string of the molecule is CC(C)(C)OC(=O)C(F)(F)CBr. The van der Waals surface area contributed by atoms with Gasteiger partial charge in [0.2, 0.25) is 0 Å². The van der Waals surface area contributed by atoms with Gasteiger partial charge in [-0.2, -0.15) is 8.78 Å². The van der Waals surface area contributed by atoms with Crippen molar-refractivity contribution in [1.82, 2.24) is 0 Å². The van der Waals surface area contributed by atoms with Crippen LogP contribution in [0.4, 0.5) is 8.78 Å². The number of ether oxygens (including phenoxy) is 1. The van der Waals surface area contributed by atoms with E-state index in [2.05, 4.69) is 20.7 Å². The van der Waals surface area contributed by atoms with Crippen LogP contribution in [0.5, 0.6) is 0 Å². The van der Waals surface area contributed by atoms with Crippen LogP contribution in [0, 0.1) is 0 Å². The summed E-state index contributed by atoms with van der Waals surface area (Å²) in [4.78, 5) is 10.7. The van der Waals surface area contributed by atoms with Gasteiger partial charge >= 0.3 is 11.9 Å². The minimum atomic E-state index is -3.44. The Hall–Kier alpha value is -0.190. The van der Waals surface area contributed by atoms with Crippen LogP contribution in [0.15, 0.2) is 0 Å². The van der Waals surface area contributed by atoms with Crippen LogP contribution in [0.2, 0.25) is 0 Å². The summed E-state index contributed by atoms with van der Waals surface area (Å²) >= 11 is 2.53. The summed E-state index contributed by atoms with van der Waals surface area (Å²) in [7, 11) is 0. The van der Waals surface area contributed by atoms with Crippen molar-refractivity contribution in [3.05, 3.63) is 0 Å². The number of esters is 1. The molecule has 0 spiro atoms. The number of alkyl halides is 3. The summed E-state index contributed by atoms with van der Waals surface area (Å²) in [6.45, 7) is 4.61. The number of hydrogen-bond donors (Lipinski definition) is 0. The minimum absolute atomic E-state index is 0.713. The van der Waals surface area contributed by atoms with Crippen LogP contribution in [0.25, 0.3) is 0 Å². The molecular formula is C7H11BrF2O2. The van der Waals surface area contributed by atoms with E-state index >= 15 is 0 Å². The Bertz CT molecular complexity index is 175. The third-order valence-corrected chi connectivity index (χ3v) is 1.57. The largest absolute Gasteiger partial charge is 0.456 e. The molecule has 0 aromatic rings. The topological polar surface area (TPSA) is 26.3 Å². The molecule has 5 heteroatoms. The zero-order chi connectivity index (χ0) is 9.99. The molecule has 0 aliphatic rings. The Morgan fingerprint density at radius 1 is 1.42 bits per heavy atom. The maximum Gasteiger partial charge on any atom is 0.378 e. The maximum absolute atomic E-state index is 12.6. The summed E-state index contributed by atoms with van der Waals surface area (Å²) in [6, 6.07) is 0. The average Bonchev–Trinajstić information content (AvgIpc) is 1.84. The fourth-order valence-corrected chi connectivity index (χ4v) is 0.636. The Kier molecular flexibility index (Phi) is 3.62. The van der Waals surface area contributed by atoms with Gasteiger partial charge in [-0.15, -0.1) is 0 Å². The van der Waals surface area contributed by atoms with E-state index in [-0.39, 0.29) is 0 Å². The third-order valence-electron chi connectivity index (χ3n) is 0.865. The van der Waals surface area contributed by atoms with Gasteiger partial charge in [-0.3, -0.25) is 0 Å². The first-order chi connectivity index (χ1) is 5.19. The number of carbonyl (C=O) groups excluding carboxylic acids is 1. The number of rotatable bonds is 2. The lowest BCUT2D eigenvalue weighted by atomic mass is 10.2. The van der Waals surface area contributed by atoms with Crippen molar-refractivity contribution in [2.45, 2.75) is 32.3 Å². The molecule has 0 N–H and O–H groups in total. The zero-order valence-electron chi connectivity index (χ0n) is 7.16. The van der Waals surface area contributed by atoms with Crippen LogP contribution in [-0.2, 0) is 9.53 Å². The van der Waals surface area contributed by atoms with Gasteiger partial charge in [0.1, 0.15) is 5.60 Å². The van der Waals surface area contributed by atoms with E-state index in [1.807, 2.05) is 0 Å². The minimum Gasteiger partial charge on any atom is -0.456 e. The molecule has 0 aromatic heterocycles. The summed E-state index contributed by atoms with van der Waals surface area (Å²) in [6.07, 6.45) is 0. The molecule has 12 heavy (non-hydrogen) atoms. The highest BCUT2D eigenvalue weighted by Crippen LogP contribution is 2.21. The van der Waals surface area contributed by atoms with Gasteiger partial charge in [0.05, 0.1) is 5.33 Å². The molecule has 0 atom stereocenters. The molecule has 0 unspecified atom stereocenters. The van der Waals surface area contributed by atoms with Crippen LogP contribution < -0.4 is 0 Å². The molecule has 0 aromatic carbocycles. The standard InChI is InChI=1S/C7H11BrF2O2/c1-6(2,3)12-5(11)7(9,10)4-8/h4H2,1-3H3. The summed E-state index contributed by atoms with van der Waals surface area (Å²) in [5, 5.41) is -0.713. The second-order valence-corrected chi connectivity index (χ2v) is 3.90. The van der Waals surface area contributed by atoms with Gasteiger partial charge in [0, 0.05) is 0 Å². The van der Waals surface area contributed by atoms with Gasteiger partial charge in [-0.1, -0.05) is 15.9 Å². The van der Waals surface area contributed by atoms with E-state index in [4.69, 9.17) is 0 Å². The zero-order valence-corrected chi connectivity index (χ0v) is 8.74. The van der Waals surface area contributed by atoms with E-state index in [0.29, 0.717) is 0 Å². The monoisotopic (exact) mass is 244 g/mol. The molecule has 0 rings (SSSR count). The summed E-state index contributed by atoms with van der Waals surface area (Å²) in [5.41, 5.74) is -0.872. The first-order valence-electron chi connectivity index (χ1n) is 3.36. The number of carbonyl (C=O) groups is 1. The Morgan fingerprint density at radius 3 is 2.08 bits per heavy atom. The fraction of sp³-hybridized carbons (Fsp3) is 0.857. The van der Waals surface area contributed by atoms with Gasteiger partial charge < -0.3 is 4.74 Å². The quantitative estimate of drug-likeness (QED) is 0.551. The Labute approximate surface area is 78.4 Å². The highest BCUT2D eigenvalue weighted by molar-refractivity contribution is 9.09. The van der Waals surface area contributed by atoms with E-state index < -0.39 is 22.8 Å². The highest BCUT2D eigenvalue weighted by atomic mass is 79.9. The molecule has 2 nitrogen and oxygen atoms in total. The van der Waals surface area contributed by atoms with E-state index in [1.165, 1.54) is 20.8 Å². The van der Waals surface area contributed by atoms with Crippen LogP contribution >= 0.6 is 15.9 Å². The van der Waals surface area contributed by atoms with Crippen molar-refractivity contribution < 1.29 is 18.3 Å².